The van der Waals surface area contributed by atoms with Crippen LogP contribution in [0.3, 0.4) is 0 Å². The zero-order valence-corrected chi connectivity index (χ0v) is 19.4. The Kier molecular flexibility index (Phi) is 6.84. The highest BCUT2D eigenvalue weighted by atomic mass is 79.9. The van der Waals surface area contributed by atoms with Gasteiger partial charge in [0.15, 0.2) is 5.16 Å². The van der Waals surface area contributed by atoms with Gasteiger partial charge in [0, 0.05) is 4.47 Å². The van der Waals surface area contributed by atoms with E-state index in [1.54, 1.807) is 0 Å². The van der Waals surface area contributed by atoms with Crippen LogP contribution in [0.15, 0.2) is 93.6 Å². The van der Waals surface area contributed by atoms with Crippen LogP contribution < -0.4 is 5.43 Å². The standard InChI is InChI=1S/C24H21BrN4OS/c1-17(19-10-7-11-20(25)14-19)27-28-23(30)16-31-24-26-21-12-5-6-13-22(21)29(24)15-18-8-3-2-4-9-18/h2-14H,15-16H2,1H3,(H,28,30). The second-order valence-corrected chi connectivity index (χ2v) is 8.84. The number of imidazole rings is 1. The number of rotatable bonds is 7. The summed E-state index contributed by atoms with van der Waals surface area (Å²) in [5, 5.41) is 5.05. The maximum Gasteiger partial charge on any atom is 0.250 e. The molecule has 0 saturated carbocycles. The number of carbonyl (C=O) groups is 1. The molecule has 5 nitrogen and oxygen atoms in total. The molecule has 156 valence electrons. The first-order valence-corrected chi connectivity index (χ1v) is 11.6. The Labute approximate surface area is 193 Å². The lowest BCUT2D eigenvalue weighted by Gasteiger charge is -2.09. The number of fused-ring (bicyclic) bond motifs is 1. The molecule has 1 N–H and O–H groups in total. The molecule has 31 heavy (non-hydrogen) atoms. The minimum atomic E-state index is -0.169. The first kappa shape index (κ1) is 21.3. The topological polar surface area (TPSA) is 59.3 Å². The van der Waals surface area contributed by atoms with Crippen LogP contribution in [0.5, 0.6) is 0 Å². The van der Waals surface area contributed by atoms with E-state index < -0.39 is 0 Å². The molecule has 4 aromatic rings. The van der Waals surface area contributed by atoms with Crippen LogP contribution >= 0.6 is 27.7 Å². The van der Waals surface area contributed by atoms with Crippen molar-refractivity contribution in [3.8, 4) is 0 Å². The molecule has 7 heteroatoms. The summed E-state index contributed by atoms with van der Waals surface area (Å²) < 4.78 is 3.12. The number of aromatic nitrogens is 2. The molecular formula is C24H21BrN4OS. The number of nitrogens with one attached hydrogen (secondary N) is 1. The first-order valence-electron chi connectivity index (χ1n) is 9.81. The zero-order chi connectivity index (χ0) is 21.6. The van der Waals surface area contributed by atoms with E-state index in [4.69, 9.17) is 4.98 Å². The van der Waals surface area contributed by atoms with Crippen molar-refractivity contribution < 1.29 is 4.79 Å². The fraction of sp³-hybridized carbons (Fsp3) is 0.125. The van der Waals surface area contributed by atoms with Gasteiger partial charge in [-0.05, 0) is 42.3 Å². The van der Waals surface area contributed by atoms with Gasteiger partial charge in [0.25, 0.3) is 5.91 Å². The number of nitrogens with zero attached hydrogens (tertiary/aromatic N) is 3. The molecular weight excluding hydrogens is 472 g/mol. The van der Waals surface area contributed by atoms with Crippen LogP contribution in [-0.2, 0) is 11.3 Å². The summed E-state index contributed by atoms with van der Waals surface area (Å²) in [6.45, 7) is 2.57. The lowest BCUT2D eigenvalue weighted by molar-refractivity contribution is -0.118. The average Bonchev–Trinajstić information content (AvgIpc) is 3.14. The predicted octanol–water partition coefficient (Wildman–Crippen LogP) is 5.48. The van der Waals surface area contributed by atoms with Crippen molar-refractivity contribution in [3.63, 3.8) is 0 Å². The van der Waals surface area contributed by atoms with Gasteiger partial charge in [0.05, 0.1) is 29.0 Å². The minimum absolute atomic E-state index is 0.169. The molecule has 0 atom stereocenters. The van der Waals surface area contributed by atoms with E-state index in [2.05, 4.69) is 49.2 Å². The van der Waals surface area contributed by atoms with Crippen molar-refractivity contribution in [1.29, 1.82) is 0 Å². The summed E-state index contributed by atoms with van der Waals surface area (Å²) >= 11 is 4.86. The third-order valence-electron chi connectivity index (χ3n) is 4.73. The summed E-state index contributed by atoms with van der Waals surface area (Å²) in [5.41, 5.74) is 7.51. The SMILES string of the molecule is CC(=NNC(=O)CSc1nc2ccccc2n1Cc1ccccc1)c1cccc(Br)c1. The highest BCUT2D eigenvalue weighted by molar-refractivity contribution is 9.10. The van der Waals surface area contributed by atoms with Gasteiger partial charge in [0.2, 0.25) is 0 Å². The smallest absolute Gasteiger partial charge is 0.250 e. The summed E-state index contributed by atoms with van der Waals surface area (Å²) in [6.07, 6.45) is 0. The number of benzene rings is 3. The van der Waals surface area contributed by atoms with Crippen LogP contribution in [0.1, 0.15) is 18.1 Å². The maximum absolute atomic E-state index is 12.4. The second kappa shape index (κ2) is 9.94. The number of carbonyl (C=O) groups excluding carboxylic acids is 1. The number of hydrazone groups is 1. The van der Waals surface area contributed by atoms with Gasteiger partial charge in [-0.3, -0.25) is 4.79 Å². The maximum atomic E-state index is 12.4. The number of halogens is 1. The van der Waals surface area contributed by atoms with Gasteiger partial charge in [-0.1, -0.05) is 82.3 Å². The molecule has 0 saturated heterocycles. The number of thioether (sulfide) groups is 1. The monoisotopic (exact) mass is 492 g/mol. The largest absolute Gasteiger partial charge is 0.314 e. The van der Waals surface area contributed by atoms with Gasteiger partial charge in [-0.2, -0.15) is 5.10 Å². The molecule has 0 aliphatic carbocycles. The number of para-hydroxylation sites is 2. The highest BCUT2D eigenvalue weighted by Crippen LogP contribution is 2.25. The summed E-state index contributed by atoms with van der Waals surface area (Å²) in [6, 6.07) is 26.1. The Hall–Kier alpha value is -2.90. The summed E-state index contributed by atoms with van der Waals surface area (Å²) in [7, 11) is 0. The van der Waals surface area contributed by atoms with E-state index in [-0.39, 0.29) is 11.7 Å². The lowest BCUT2D eigenvalue weighted by Crippen LogP contribution is -2.21. The Balaban J connectivity index is 1.46. The molecule has 0 fully saturated rings. The van der Waals surface area contributed by atoms with Crippen molar-refractivity contribution in [2.24, 2.45) is 5.10 Å². The van der Waals surface area contributed by atoms with Gasteiger partial charge >= 0.3 is 0 Å². The number of amides is 1. The van der Waals surface area contributed by atoms with Crippen LogP contribution in [-0.4, -0.2) is 26.9 Å². The molecule has 3 aromatic carbocycles. The fourth-order valence-corrected chi connectivity index (χ4v) is 4.37. The van der Waals surface area contributed by atoms with E-state index in [1.807, 2.05) is 67.6 Å². The molecule has 0 aliphatic rings. The first-order chi connectivity index (χ1) is 15.1. The van der Waals surface area contributed by atoms with Crippen LogP contribution in [0.4, 0.5) is 0 Å². The predicted molar refractivity (Wildman–Crippen MR) is 130 cm³/mol. The van der Waals surface area contributed by atoms with Gasteiger partial charge < -0.3 is 4.57 Å². The minimum Gasteiger partial charge on any atom is -0.314 e. The third kappa shape index (κ3) is 5.42. The van der Waals surface area contributed by atoms with E-state index in [0.717, 1.165) is 31.9 Å². The Morgan fingerprint density at radius 1 is 1.06 bits per heavy atom. The van der Waals surface area contributed by atoms with Crippen molar-refractivity contribution >= 4 is 50.3 Å². The van der Waals surface area contributed by atoms with Crippen molar-refractivity contribution in [2.45, 2.75) is 18.6 Å². The number of hydrogen-bond donors (Lipinski definition) is 1. The third-order valence-corrected chi connectivity index (χ3v) is 6.20. The quantitative estimate of drug-likeness (QED) is 0.211. The Bertz CT molecular complexity index is 1240. The van der Waals surface area contributed by atoms with Crippen molar-refractivity contribution in [3.05, 3.63) is 94.5 Å². The van der Waals surface area contributed by atoms with Crippen molar-refractivity contribution in [1.82, 2.24) is 15.0 Å². The zero-order valence-electron chi connectivity index (χ0n) is 17.0. The van der Waals surface area contributed by atoms with Crippen LogP contribution in [0.25, 0.3) is 11.0 Å². The van der Waals surface area contributed by atoms with Crippen LogP contribution in [0, 0.1) is 0 Å². The molecule has 1 aromatic heterocycles. The van der Waals surface area contributed by atoms with Gasteiger partial charge in [-0.25, -0.2) is 10.4 Å². The molecule has 4 rings (SSSR count). The Morgan fingerprint density at radius 2 is 1.84 bits per heavy atom. The summed E-state index contributed by atoms with van der Waals surface area (Å²) in [5.74, 6) is 0.0607. The van der Waals surface area contributed by atoms with Crippen molar-refractivity contribution in [2.75, 3.05) is 5.75 Å². The number of hydrogen-bond acceptors (Lipinski definition) is 4. The van der Waals surface area contributed by atoms with E-state index >= 15 is 0 Å². The fourth-order valence-electron chi connectivity index (χ4n) is 3.17. The Morgan fingerprint density at radius 3 is 2.65 bits per heavy atom. The van der Waals surface area contributed by atoms with Gasteiger partial charge in [0.1, 0.15) is 0 Å². The normalized spacial score (nSPS) is 11.6. The van der Waals surface area contributed by atoms with E-state index in [9.17, 15) is 4.79 Å². The van der Waals surface area contributed by atoms with E-state index in [0.29, 0.717) is 6.54 Å². The lowest BCUT2D eigenvalue weighted by atomic mass is 10.1. The van der Waals surface area contributed by atoms with Gasteiger partial charge in [-0.15, -0.1) is 0 Å². The second-order valence-electron chi connectivity index (χ2n) is 6.99. The molecule has 0 unspecified atom stereocenters. The summed E-state index contributed by atoms with van der Waals surface area (Å²) in [4.78, 5) is 17.2. The molecule has 0 radical (unpaired) electrons. The highest BCUT2D eigenvalue weighted by Gasteiger charge is 2.13. The average molecular weight is 493 g/mol. The van der Waals surface area contributed by atoms with Crippen LogP contribution in [0.2, 0.25) is 0 Å². The molecule has 0 bridgehead atoms. The molecule has 0 aliphatic heterocycles. The molecule has 1 heterocycles. The molecule has 0 spiro atoms. The van der Waals surface area contributed by atoms with E-state index in [1.165, 1.54) is 17.3 Å². The molecule has 1 amide bonds.